The van der Waals surface area contributed by atoms with Crippen LogP contribution in [0.25, 0.3) is 0 Å². The standard InChI is InChI=1S/C16H25FN2O.2ClH/c1-12(2)3-5-15(19-9-7-18-8-10-19)13-4-6-16(20)14(17)11-13;;/h4,6,11-12,15,18,20H,3,5,7-10H2,1-2H3;2*1H/t15-;;/m1../s1. The number of nitrogens with zero attached hydrogens (tertiary/aromatic N) is 1. The van der Waals surface area contributed by atoms with E-state index in [9.17, 15) is 9.50 Å². The van der Waals surface area contributed by atoms with Gasteiger partial charge in [-0.25, -0.2) is 4.39 Å². The molecule has 1 aromatic carbocycles. The van der Waals surface area contributed by atoms with Gasteiger partial charge in [-0.3, -0.25) is 4.90 Å². The summed E-state index contributed by atoms with van der Waals surface area (Å²) in [5, 5.41) is 12.7. The predicted molar refractivity (Wildman–Crippen MR) is 93.8 cm³/mol. The first kappa shape index (κ1) is 21.4. The zero-order chi connectivity index (χ0) is 14.5. The summed E-state index contributed by atoms with van der Waals surface area (Å²) in [6, 6.07) is 5.05. The number of halogens is 3. The highest BCUT2D eigenvalue weighted by Gasteiger charge is 2.23. The summed E-state index contributed by atoms with van der Waals surface area (Å²) in [7, 11) is 0. The molecule has 0 aromatic heterocycles. The number of aromatic hydroxyl groups is 1. The lowest BCUT2D eigenvalue weighted by Gasteiger charge is -2.35. The molecule has 1 aliphatic heterocycles. The lowest BCUT2D eigenvalue weighted by molar-refractivity contribution is 0.159. The summed E-state index contributed by atoms with van der Waals surface area (Å²) < 4.78 is 13.6. The van der Waals surface area contributed by atoms with Crippen molar-refractivity contribution >= 4 is 24.8 Å². The lowest BCUT2D eigenvalue weighted by Crippen LogP contribution is -2.45. The maximum atomic E-state index is 13.6. The minimum absolute atomic E-state index is 0. The second kappa shape index (κ2) is 10.3. The van der Waals surface area contributed by atoms with Gasteiger partial charge in [-0.05, 0) is 36.5 Å². The molecule has 0 unspecified atom stereocenters. The van der Waals surface area contributed by atoms with Crippen molar-refractivity contribution in [2.45, 2.75) is 32.7 Å². The molecule has 3 nitrogen and oxygen atoms in total. The molecular formula is C16H27Cl2FN2O. The van der Waals surface area contributed by atoms with Crippen molar-refractivity contribution in [2.75, 3.05) is 26.2 Å². The van der Waals surface area contributed by atoms with Crippen molar-refractivity contribution in [3.63, 3.8) is 0 Å². The molecule has 128 valence electrons. The van der Waals surface area contributed by atoms with Crippen LogP contribution < -0.4 is 5.32 Å². The third-order valence-electron chi connectivity index (χ3n) is 3.97. The van der Waals surface area contributed by atoms with Gasteiger partial charge in [0.15, 0.2) is 11.6 Å². The van der Waals surface area contributed by atoms with Crippen molar-refractivity contribution < 1.29 is 9.50 Å². The number of benzene rings is 1. The van der Waals surface area contributed by atoms with E-state index in [1.165, 1.54) is 12.1 Å². The molecule has 0 bridgehead atoms. The summed E-state index contributed by atoms with van der Waals surface area (Å²) >= 11 is 0. The summed E-state index contributed by atoms with van der Waals surface area (Å²) in [5.74, 6) is -0.147. The summed E-state index contributed by atoms with van der Waals surface area (Å²) in [6.07, 6.45) is 2.15. The van der Waals surface area contributed by atoms with Crippen LogP contribution in [0.2, 0.25) is 0 Å². The van der Waals surface area contributed by atoms with E-state index in [1.54, 1.807) is 0 Å². The van der Waals surface area contributed by atoms with Gasteiger partial charge in [0, 0.05) is 32.2 Å². The highest BCUT2D eigenvalue weighted by Crippen LogP contribution is 2.30. The van der Waals surface area contributed by atoms with Crippen molar-refractivity contribution in [3.05, 3.63) is 29.6 Å². The first-order valence-corrected chi connectivity index (χ1v) is 7.51. The number of rotatable bonds is 5. The Labute approximate surface area is 145 Å². The molecule has 22 heavy (non-hydrogen) atoms. The highest BCUT2D eigenvalue weighted by molar-refractivity contribution is 5.85. The van der Waals surface area contributed by atoms with E-state index in [0.29, 0.717) is 5.92 Å². The number of phenols is 1. The average molecular weight is 353 g/mol. The third kappa shape index (κ3) is 5.92. The van der Waals surface area contributed by atoms with Gasteiger partial charge in [0.1, 0.15) is 0 Å². The molecule has 2 N–H and O–H groups in total. The van der Waals surface area contributed by atoms with Crippen LogP contribution in [0.15, 0.2) is 18.2 Å². The van der Waals surface area contributed by atoms with Crippen LogP contribution >= 0.6 is 24.8 Å². The van der Waals surface area contributed by atoms with Crippen LogP contribution in [0.4, 0.5) is 4.39 Å². The molecular weight excluding hydrogens is 326 g/mol. The number of phenolic OH excluding ortho intramolecular Hbond substituents is 1. The molecule has 1 aromatic rings. The minimum Gasteiger partial charge on any atom is -0.505 e. The molecule has 6 heteroatoms. The lowest BCUT2D eigenvalue weighted by atomic mass is 9.95. The van der Waals surface area contributed by atoms with Gasteiger partial charge in [0.05, 0.1) is 0 Å². The molecule has 1 fully saturated rings. The van der Waals surface area contributed by atoms with E-state index in [1.807, 2.05) is 6.07 Å². The fourth-order valence-electron chi connectivity index (χ4n) is 2.78. The molecule has 2 rings (SSSR count). The predicted octanol–water partition coefficient (Wildman–Crippen LogP) is 3.76. The Bertz CT molecular complexity index is 440. The van der Waals surface area contributed by atoms with E-state index in [0.717, 1.165) is 44.6 Å². The maximum Gasteiger partial charge on any atom is 0.165 e. The van der Waals surface area contributed by atoms with E-state index in [-0.39, 0.29) is 36.6 Å². The molecule has 0 amide bonds. The van der Waals surface area contributed by atoms with E-state index < -0.39 is 5.82 Å². The third-order valence-corrected chi connectivity index (χ3v) is 3.97. The van der Waals surface area contributed by atoms with Gasteiger partial charge in [-0.15, -0.1) is 24.8 Å². The van der Waals surface area contributed by atoms with Crippen LogP contribution in [-0.2, 0) is 0 Å². The van der Waals surface area contributed by atoms with Gasteiger partial charge >= 0.3 is 0 Å². The average Bonchev–Trinajstić information content (AvgIpc) is 2.44. The Morgan fingerprint density at radius 2 is 1.82 bits per heavy atom. The van der Waals surface area contributed by atoms with Crippen LogP contribution in [0.1, 0.15) is 38.3 Å². The van der Waals surface area contributed by atoms with Gasteiger partial charge < -0.3 is 10.4 Å². The molecule has 1 saturated heterocycles. The van der Waals surface area contributed by atoms with Crippen LogP contribution in [0.3, 0.4) is 0 Å². The second-order valence-electron chi connectivity index (χ2n) is 5.98. The van der Waals surface area contributed by atoms with Crippen LogP contribution in [0, 0.1) is 11.7 Å². The molecule has 0 spiro atoms. The number of hydrogen-bond donors (Lipinski definition) is 2. The molecule has 0 aliphatic carbocycles. The number of piperazine rings is 1. The van der Waals surface area contributed by atoms with Crippen molar-refractivity contribution in [3.8, 4) is 5.75 Å². The topological polar surface area (TPSA) is 35.5 Å². The first-order chi connectivity index (χ1) is 9.58. The summed E-state index contributed by atoms with van der Waals surface area (Å²) in [5.41, 5.74) is 0.975. The number of hydrogen-bond acceptors (Lipinski definition) is 3. The Morgan fingerprint density at radius 3 is 2.36 bits per heavy atom. The fraction of sp³-hybridized carbons (Fsp3) is 0.625. The summed E-state index contributed by atoms with van der Waals surface area (Å²) in [6.45, 7) is 8.38. The van der Waals surface area contributed by atoms with E-state index in [4.69, 9.17) is 0 Å². The second-order valence-corrected chi connectivity index (χ2v) is 5.98. The smallest absolute Gasteiger partial charge is 0.165 e. The Balaban J connectivity index is 0.00000220. The molecule has 0 radical (unpaired) electrons. The molecule has 1 atom stereocenters. The zero-order valence-corrected chi connectivity index (χ0v) is 14.9. The normalized spacial score (nSPS) is 16.7. The number of nitrogens with one attached hydrogen (secondary N) is 1. The minimum atomic E-state index is -0.521. The Morgan fingerprint density at radius 1 is 1.18 bits per heavy atom. The van der Waals surface area contributed by atoms with Crippen LogP contribution in [0.5, 0.6) is 5.75 Å². The quantitative estimate of drug-likeness (QED) is 0.846. The van der Waals surface area contributed by atoms with Crippen molar-refractivity contribution in [2.24, 2.45) is 5.92 Å². The van der Waals surface area contributed by atoms with E-state index in [2.05, 4.69) is 24.1 Å². The van der Waals surface area contributed by atoms with Gasteiger partial charge in [-0.1, -0.05) is 19.9 Å². The SMILES string of the molecule is CC(C)CC[C@H](c1ccc(O)c(F)c1)N1CCNCC1.Cl.Cl. The van der Waals surface area contributed by atoms with Gasteiger partial charge in [0.25, 0.3) is 0 Å². The molecule has 0 saturated carbocycles. The molecule has 1 aliphatic rings. The Kier molecular flexibility index (Phi) is 10.0. The largest absolute Gasteiger partial charge is 0.505 e. The van der Waals surface area contributed by atoms with Crippen molar-refractivity contribution in [1.82, 2.24) is 10.2 Å². The van der Waals surface area contributed by atoms with Gasteiger partial charge in [0.2, 0.25) is 0 Å². The fourth-order valence-corrected chi connectivity index (χ4v) is 2.78. The van der Waals surface area contributed by atoms with Gasteiger partial charge in [-0.2, -0.15) is 0 Å². The maximum absolute atomic E-state index is 13.6. The van der Waals surface area contributed by atoms with Crippen LogP contribution in [-0.4, -0.2) is 36.2 Å². The monoisotopic (exact) mass is 352 g/mol. The first-order valence-electron chi connectivity index (χ1n) is 7.51. The van der Waals surface area contributed by atoms with E-state index >= 15 is 0 Å². The Hall–Kier alpha value is -0.550. The van der Waals surface area contributed by atoms with Crippen molar-refractivity contribution in [1.29, 1.82) is 0 Å². The zero-order valence-electron chi connectivity index (χ0n) is 13.2. The summed E-state index contributed by atoms with van der Waals surface area (Å²) in [4.78, 5) is 2.42. The highest BCUT2D eigenvalue weighted by atomic mass is 35.5. The molecule has 1 heterocycles.